The highest BCUT2D eigenvalue weighted by Gasteiger charge is 2.48. The van der Waals surface area contributed by atoms with E-state index in [1.807, 2.05) is 21.9 Å². The van der Waals surface area contributed by atoms with Crippen LogP contribution in [-0.2, 0) is 9.59 Å². The second-order valence-electron chi connectivity index (χ2n) is 9.94. The summed E-state index contributed by atoms with van der Waals surface area (Å²) in [5.41, 5.74) is 1.28. The Balaban J connectivity index is 1.70. The van der Waals surface area contributed by atoms with Gasteiger partial charge in [0.1, 0.15) is 0 Å². The second-order valence-corrected chi connectivity index (χ2v) is 9.94. The van der Waals surface area contributed by atoms with Crippen molar-refractivity contribution in [1.29, 1.82) is 0 Å². The van der Waals surface area contributed by atoms with Crippen LogP contribution in [0.1, 0.15) is 62.6 Å². The Bertz CT molecular complexity index is 1130. The summed E-state index contributed by atoms with van der Waals surface area (Å²) in [4.78, 5) is 30.1. The Hall–Kier alpha value is -3.33. The first kappa shape index (κ1) is 27.7. The van der Waals surface area contributed by atoms with Crippen LogP contribution in [0, 0.1) is 11.7 Å². The fraction of sp³-hybridized carbons (Fsp3) is 0.517. The third kappa shape index (κ3) is 5.88. The topological polar surface area (TPSA) is 88.5 Å². The van der Waals surface area contributed by atoms with Crippen molar-refractivity contribution >= 4 is 11.9 Å². The first-order chi connectivity index (χ1) is 18.4. The minimum absolute atomic E-state index is 0.0404. The summed E-state index contributed by atoms with van der Waals surface area (Å²) in [5.74, 6) is -1.70. The van der Waals surface area contributed by atoms with E-state index < -0.39 is 29.7 Å². The number of ether oxygens (including phenoxy) is 3. The number of amides is 1. The van der Waals surface area contributed by atoms with Crippen LogP contribution < -0.4 is 14.2 Å². The predicted octanol–water partition coefficient (Wildman–Crippen LogP) is 4.83. The number of carboxylic acids is 1. The van der Waals surface area contributed by atoms with Gasteiger partial charge in [-0.2, -0.15) is 0 Å². The van der Waals surface area contributed by atoms with Gasteiger partial charge in [-0.25, -0.2) is 4.39 Å². The molecule has 0 aliphatic carbocycles. The van der Waals surface area contributed by atoms with E-state index in [0.717, 1.165) is 31.2 Å². The number of fused-ring (bicyclic) bond motifs is 1. The molecule has 0 radical (unpaired) electrons. The molecule has 2 aromatic carbocycles. The molecule has 3 atom stereocenters. The molecule has 1 amide bonds. The zero-order valence-electron chi connectivity index (χ0n) is 22.3. The van der Waals surface area contributed by atoms with Gasteiger partial charge in [0.25, 0.3) is 0 Å². The molecular formula is C29H37FN2O6. The lowest BCUT2D eigenvalue weighted by atomic mass is 9.82. The molecule has 0 spiro atoms. The van der Waals surface area contributed by atoms with E-state index in [4.69, 9.17) is 14.2 Å². The maximum Gasteiger partial charge on any atom is 0.309 e. The quantitative estimate of drug-likeness (QED) is 0.422. The minimum Gasteiger partial charge on any atom is -0.494 e. The third-order valence-corrected chi connectivity index (χ3v) is 7.48. The van der Waals surface area contributed by atoms with Gasteiger partial charge in [-0.1, -0.05) is 38.8 Å². The largest absolute Gasteiger partial charge is 0.494 e. The Morgan fingerprint density at radius 2 is 1.74 bits per heavy atom. The van der Waals surface area contributed by atoms with Gasteiger partial charge in [0, 0.05) is 31.6 Å². The molecule has 0 saturated carbocycles. The molecule has 38 heavy (non-hydrogen) atoms. The molecule has 9 heteroatoms. The van der Waals surface area contributed by atoms with Crippen molar-refractivity contribution in [3.63, 3.8) is 0 Å². The monoisotopic (exact) mass is 528 g/mol. The summed E-state index contributed by atoms with van der Waals surface area (Å²) in [6.07, 6.45) is 3.75. The molecule has 0 aromatic heterocycles. The average molecular weight is 529 g/mol. The number of unbranched alkanes of at least 4 members (excludes halogenated alkanes) is 2. The number of aliphatic carboxylic acids is 1. The number of carbonyl (C=O) groups is 2. The number of hydrogen-bond acceptors (Lipinski definition) is 6. The summed E-state index contributed by atoms with van der Waals surface area (Å²) in [5, 5.41) is 10.4. The number of carbonyl (C=O) groups excluding carboxylic acids is 1. The SMILES string of the molecule is CCCCN(CCCC)C(=O)CN1C[C@H](c2ccc3c(c2)OCO3)[C@H](C(=O)O)[C@H]1c1ccc(OC)c(F)c1. The molecule has 2 heterocycles. The van der Waals surface area contributed by atoms with Crippen molar-refractivity contribution in [2.24, 2.45) is 5.92 Å². The van der Waals surface area contributed by atoms with E-state index in [1.54, 1.807) is 12.1 Å². The highest BCUT2D eigenvalue weighted by atomic mass is 19.1. The normalized spacial score (nSPS) is 20.5. The number of hydrogen-bond donors (Lipinski definition) is 1. The van der Waals surface area contributed by atoms with E-state index in [2.05, 4.69) is 13.8 Å². The van der Waals surface area contributed by atoms with Gasteiger partial charge in [0.15, 0.2) is 23.1 Å². The molecule has 2 aliphatic heterocycles. The lowest BCUT2D eigenvalue weighted by molar-refractivity contribution is -0.144. The van der Waals surface area contributed by atoms with Crippen LogP contribution in [0.2, 0.25) is 0 Å². The minimum atomic E-state index is -1.00. The standard InChI is InChI=1S/C29H37FN2O6/c1-4-6-12-31(13-7-5-2)26(33)17-32-16-21(19-8-11-24-25(15-19)38-18-37-24)27(29(34)35)28(32)20-9-10-23(36-3)22(30)14-20/h8-11,14-15,21,27-28H,4-7,12-13,16-18H2,1-3H3,(H,34,35)/t21-,27+,28-/m1/s1. The van der Waals surface area contributed by atoms with Crippen LogP contribution in [0.25, 0.3) is 0 Å². The van der Waals surface area contributed by atoms with E-state index >= 15 is 0 Å². The number of rotatable bonds is 12. The van der Waals surface area contributed by atoms with Crippen molar-refractivity contribution < 1.29 is 33.3 Å². The van der Waals surface area contributed by atoms with Gasteiger partial charge in [-0.15, -0.1) is 0 Å². The van der Waals surface area contributed by atoms with E-state index in [1.165, 1.54) is 19.2 Å². The van der Waals surface area contributed by atoms with Crippen LogP contribution in [0.15, 0.2) is 36.4 Å². The Labute approximate surface area is 223 Å². The van der Waals surface area contributed by atoms with Crippen molar-refractivity contribution in [2.75, 3.05) is 40.1 Å². The van der Waals surface area contributed by atoms with Gasteiger partial charge >= 0.3 is 5.97 Å². The fourth-order valence-corrected chi connectivity index (χ4v) is 5.47. The summed E-state index contributed by atoms with van der Waals surface area (Å²) in [6.45, 7) is 6.01. The molecule has 0 unspecified atom stereocenters. The van der Waals surface area contributed by atoms with Crippen LogP contribution >= 0.6 is 0 Å². The molecule has 1 saturated heterocycles. The first-order valence-electron chi connectivity index (χ1n) is 13.4. The first-order valence-corrected chi connectivity index (χ1v) is 13.4. The number of benzene rings is 2. The van der Waals surface area contributed by atoms with Crippen molar-refractivity contribution in [3.8, 4) is 17.2 Å². The zero-order valence-corrected chi connectivity index (χ0v) is 22.3. The van der Waals surface area contributed by atoms with Gasteiger partial charge in [-0.3, -0.25) is 14.5 Å². The molecule has 2 aliphatic rings. The fourth-order valence-electron chi connectivity index (χ4n) is 5.47. The summed E-state index contributed by atoms with van der Waals surface area (Å²) >= 11 is 0. The predicted molar refractivity (Wildman–Crippen MR) is 140 cm³/mol. The number of carboxylic acid groups (broad SMARTS) is 1. The summed E-state index contributed by atoms with van der Waals surface area (Å²) < 4.78 is 30.8. The molecule has 206 valence electrons. The van der Waals surface area contributed by atoms with E-state index in [-0.39, 0.29) is 25.0 Å². The van der Waals surface area contributed by atoms with Crippen molar-refractivity contribution in [1.82, 2.24) is 9.80 Å². The van der Waals surface area contributed by atoms with Crippen molar-refractivity contribution in [2.45, 2.75) is 51.5 Å². The van der Waals surface area contributed by atoms with Crippen LogP contribution in [0.3, 0.4) is 0 Å². The van der Waals surface area contributed by atoms with Gasteiger partial charge in [-0.05, 0) is 48.2 Å². The van der Waals surface area contributed by atoms with Gasteiger partial charge < -0.3 is 24.2 Å². The summed E-state index contributed by atoms with van der Waals surface area (Å²) in [6, 6.07) is 9.26. The Morgan fingerprint density at radius 3 is 2.37 bits per heavy atom. The van der Waals surface area contributed by atoms with E-state index in [9.17, 15) is 19.1 Å². The molecule has 1 fully saturated rings. The summed E-state index contributed by atoms with van der Waals surface area (Å²) in [7, 11) is 1.38. The third-order valence-electron chi connectivity index (χ3n) is 7.48. The highest BCUT2D eigenvalue weighted by molar-refractivity contribution is 5.79. The number of halogens is 1. The molecule has 2 aromatic rings. The van der Waals surface area contributed by atoms with Crippen molar-refractivity contribution in [3.05, 3.63) is 53.3 Å². The molecule has 0 bridgehead atoms. The number of nitrogens with zero attached hydrogens (tertiary/aromatic N) is 2. The highest BCUT2D eigenvalue weighted by Crippen LogP contribution is 2.48. The van der Waals surface area contributed by atoms with Crippen LogP contribution in [0.4, 0.5) is 4.39 Å². The van der Waals surface area contributed by atoms with Crippen LogP contribution in [0.5, 0.6) is 17.2 Å². The molecule has 4 rings (SSSR count). The number of likely N-dealkylation sites (tertiary alicyclic amines) is 1. The Morgan fingerprint density at radius 1 is 1.05 bits per heavy atom. The average Bonchev–Trinajstić information content (AvgIpc) is 3.53. The second kappa shape index (κ2) is 12.5. The lowest BCUT2D eigenvalue weighted by Crippen LogP contribution is -2.42. The Kier molecular flexibility index (Phi) is 9.09. The zero-order chi connectivity index (χ0) is 27.2. The number of methoxy groups -OCH3 is 1. The molecule has 8 nitrogen and oxygen atoms in total. The van der Waals surface area contributed by atoms with Gasteiger partial charge in [0.05, 0.1) is 19.6 Å². The van der Waals surface area contributed by atoms with E-state index in [0.29, 0.717) is 36.7 Å². The maximum absolute atomic E-state index is 14.8. The van der Waals surface area contributed by atoms with Gasteiger partial charge in [0.2, 0.25) is 12.7 Å². The van der Waals surface area contributed by atoms with Crippen LogP contribution in [-0.4, -0.2) is 66.9 Å². The smallest absolute Gasteiger partial charge is 0.309 e. The molecular weight excluding hydrogens is 491 g/mol. The lowest BCUT2D eigenvalue weighted by Gasteiger charge is -2.30. The maximum atomic E-state index is 14.8. The molecule has 1 N–H and O–H groups in total.